The number of rotatable bonds is 4. The van der Waals surface area contributed by atoms with Crippen LogP contribution in [-0.2, 0) is 15.7 Å². The fourth-order valence-corrected chi connectivity index (χ4v) is 4.60. The fraction of sp³-hybridized carbons (Fsp3) is 0.650. The molecule has 3 saturated heterocycles. The van der Waals surface area contributed by atoms with E-state index < -0.39 is 28.6 Å². The Morgan fingerprint density at radius 2 is 1.87 bits per heavy atom. The van der Waals surface area contributed by atoms with Crippen LogP contribution in [0.2, 0.25) is 0 Å². The van der Waals surface area contributed by atoms with E-state index in [1.807, 2.05) is 4.90 Å². The van der Waals surface area contributed by atoms with Gasteiger partial charge in [0.15, 0.2) is 0 Å². The highest BCUT2D eigenvalue weighted by Crippen LogP contribution is 2.41. The summed E-state index contributed by atoms with van der Waals surface area (Å²) in [5, 5.41) is 0. The molecule has 30 heavy (non-hydrogen) atoms. The number of aromatic nitrogens is 1. The van der Waals surface area contributed by atoms with Crippen LogP contribution in [0.15, 0.2) is 18.5 Å². The quantitative estimate of drug-likeness (QED) is 0.730. The van der Waals surface area contributed by atoms with Crippen LogP contribution in [0.5, 0.6) is 0 Å². The van der Waals surface area contributed by atoms with Gasteiger partial charge in [-0.3, -0.25) is 19.5 Å². The lowest BCUT2D eigenvalue weighted by Gasteiger charge is -2.29. The van der Waals surface area contributed by atoms with E-state index in [0.717, 1.165) is 38.1 Å². The number of carbonyl (C=O) groups excluding carboxylic acids is 2. The maximum Gasteiger partial charge on any atom is 0.417 e. The van der Waals surface area contributed by atoms with E-state index in [2.05, 4.69) is 9.88 Å². The van der Waals surface area contributed by atoms with Crippen LogP contribution in [-0.4, -0.2) is 90.5 Å². The topological polar surface area (TPSA) is 66.0 Å². The Morgan fingerprint density at radius 1 is 1.13 bits per heavy atom. The molecule has 0 aromatic carbocycles. The minimum Gasteiger partial charge on any atom is -0.379 e. The lowest BCUT2D eigenvalue weighted by atomic mass is 9.85. The molecule has 1 unspecified atom stereocenters. The first-order valence-corrected chi connectivity index (χ1v) is 10.2. The highest BCUT2D eigenvalue weighted by molar-refractivity contribution is 5.97. The van der Waals surface area contributed by atoms with Crippen molar-refractivity contribution < 1.29 is 27.5 Å². The molecule has 1 spiro atoms. The number of nitrogens with zero attached hydrogens (tertiary/aromatic N) is 4. The second-order valence-electron chi connectivity index (χ2n) is 8.17. The molecular weight excluding hydrogens is 401 g/mol. The number of halogens is 3. The largest absolute Gasteiger partial charge is 0.417 e. The summed E-state index contributed by atoms with van der Waals surface area (Å²) < 4.78 is 45.1. The summed E-state index contributed by atoms with van der Waals surface area (Å²) in [4.78, 5) is 35.1. The zero-order chi connectivity index (χ0) is 21.4. The molecule has 3 aliphatic heterocycles. The predicted molar refractivity (Wildman–Crippen MR) is 101 cm³/mol. The molecule has 3 fully saturated rings. The lowest BCUT2D eigenvalue weighted by molar-refractivity contribution is -0.138. The molecule has 1 aromatic rings. The number of morpholine rings is 1. The fourth-order valence-electron chi connectivity index (χ4n) is 4.60. The van der Waals surface area contributed by atoms with Crippen molar-refractivity contribution in [1.29, 1.82) is 0 Å². The summed E-state index contributed by atoms with van der Waals surface area (Å²) in [6.07, 6.45) is -1.55. The van der Waals surface area contributed by atoms with Crippen LogP contribution in [0.1, 0.15) is 28.8 Å². The van der Waals surface area contributed by atoms with Gasteiger partial charge in [-0.15, -0.1) is 0 Å². The summed E-state index contributed by atoms with van der Waals surface area (Å²) in [6.45, 7) is 5.54. The van der Waals surface area contributed by atoms with Gasteiger partial charge < -0.3 is 14.5 Å². The molecule has 3 aliphatic rings. The maximum absolute atomic E-state index is 13.3. The molecule has 1 atom stereocenters. The molecule has 0 saturated carbocycles. The van der Waals surface area contributed by atoms with Gasteiger partial charge in [0.25, 0.3) is 5.91 Å². The number of hydrogen-bond donors (Lipinski definition) is 0. The van der Waals surface area contributed by atoms with Crippen molar-refractivity contribution in [3.05, 3.63) is 29.6 Å². The Labute approximate surface area is 172 Å². The monoisotopic (exact) mass is 426 g/mol. The summed E-state index contributed by atoms with van der Waals surface area (Å²) in [6, 6.07) is 0.813. The van der Waals surface area contributed by atoms with E-state index in [4.69, 9.17) is 4.74 Å². The van der Waals surface area contributed by atoms with Gasteiger partial charge in [-0.05, 0) is 18.9 Å². The van der Waals surface area contributed by atoms with Gasteiger partial charge >= 0.3 is 6.18 Å². The molecule has 4 rings (SSSR count). The average Bonchev–Trinajstić information content (AvgIpc) is 3.31. The Hall–Kier alpha value is -2.20. The van der Waals surface area contributed by atoms with Crippen molar-refractivity contribution >= 4 is 11.8 Å². The first-order valence-electron chi connectivity index (χ1n) is 10.2. The van der Waals surface area contributed by atoms with E-state index in [9.17, 15) is 22.8 Å². The van der Waals surface area contributed by atoms with Crippen LogP contribution in [0, 0.1) is 5.41 Å². The van der Waals surface area contributed by atoms with Crippen molar-refractivity contribution in [1.82, 2.24) is 19.7 Å². The van der Waals surface area contributed by atoms with Gasteiger partial charge in [0.05, 0.1) is 29.8 Å². The zero-order valence-electron chi connectivity index (χ0n) is 16.7. The highest BCUT2D eigenvalue weighted by atomic mass is 19.4. The van der Waals surface area contributed by atoms with E-state index in [0.29, 0.717) is 39.1 Å². The van der Waals surface area contributed by atoms with E-state index in [-0.39, 0.29) is 19.0 Å². The Balaban J connectivity index is 1.40. The molecule has 0 N–H and O–H groups in total. The van der Waals surface area contributed by atoms with Gasteiger partial charge in [0, 0.05) is 58.2 Å². The third kappa shape index (κ3) is 4.02. The molecule has 7 nitrogen and oxygen atoms in total. The highest BCUT2D eigenvalue weighted by Gasteiger charge is 2.52. The first kappa shape index (κ1) is 21.0. The number of alkyl halides is 3. The number of amides is 2. The average molecular weight is 426 g/mol. The summed E-state index contributed by atoms with van der Waals surface area (Å²) in [5.41, 5.74) is -2.13. The summed E-state index contributed by atoms with van der Waals surface area (Å²) in [5.74, 6) is -0.708. The molecule has 0 radical (unpaired) electrons. The first-order chi connectivity index (χ1) is 14.3. The van der Waals surface area contributed by atoms with Crippen LogP contribution in [0.3, 0.4) is 0 Å². The molecule has 0 bridgehead atoms. The van der Waals surface area contributed by atoms with Crippen LogP contribution >= 0.6 is 0 Å². The molecule has 10 heteroatoms. The summed E-state index contributed by atoms with van der Waals surface area (Å²) in [7, 11) is 0. The van der Waals surface area contributed by atoms with Crippen LogP contribution in [0.25, 0.3) is 0 Å². The van der Waals surface area contributed by atoms with Crippen molar-refractivity contribution in [2.45, 2.75) is 19.0 Å². The Bertz CT molecular complexity index is 813. The van der Waals surface area contributed by atoms with Gasteiger partial charge in [-0.25, -0.2) is 0 Å². The van der Waals surface area contributed by atoms with Crippen molar-refractivity contribution in [3.63, 3.8) is 0 Å². The second-order valence-corrected chi connectivity index (χ2v) is 8.17. The third-order valence-corrected chi connectivity index (χ3v) is 6.39. The number of pyridine rings is 1. The van der Waals surface area contributed by atoms with Gasteiger partial charge in [0.2, 0.25) is 5.91 Å². The number of ether oxygens (including phenoxy) is 1. The molecular formula is C20H25F3N4O3. The predicted octanol–water partition coefficient (Wildman–Crippen LogP) is 1.50. The molecule has 4 heterocycles. The van der Waals surface area contributed by atoms with E-state index >= 15 is 0 Å². The van der Waals surface area contributed by atoms with E-state index in [1.54, 1.807) is 0 Å². The van der Waals surface area contributed by atoms with Crippen molar-refractivity contribution in [2.24, 2.45) is 5.41 Å². The minimum atomic E-state index is -4.63. The zero-order valence-corrected chi connectivity index (χ0v) is 16.7. The minimum absolute atomic E-state index is 0.00768. The SMILES string of the molecule is O=C(c1cnccc1C(F)(F)F)N1CCC2(CCN(CCN3CCOCC3)C2=O)C1. The van der Waals surface area contributed by atoms with Gasteiger partial charge in [-0.2, -0.15) is 13.2 Å². The third-order valence-electron chi connectivity index (χ3n) is 6.39. The van der Waals surface area contributed by atoms with Gasteiger partial charge in [0.1, 0.15) is 0 Å². The standard InChI is InChI=1S/C20H25F3N4O3/c21-20(22,23)16-1-4-24-13-15(16)17(28)27-6-3-19(14-27)2-5-26(18(19)29)8-7-25-9-11-30-12-10-25/h1,4,13H,2-3,5-12,14H2. The van der Waals surface area contributed by atoms with Gasteiger partial charge in [-0.1, -0.05) is 0 Å². The van der Waals surface area contributed by atoms with Crippen molar-refractivity contribution in [3.8, 4) is 0 Å². The summed E-state index contributed by atoms with van der Waals surface area (Å²) >= 11 is 0. The van der Waals surface area contributed by atoms with Crippen LogP contribution in [0.4, 0.5) is 13.2 Å². The molecule has 2 amide bonds. The maximum atomic E-state index is 13.3. The van der Waals surface area contributed by atoms with Crippen LogP contribution < -0.4 is 0 Å². The molecule has 164 valence electrons. The lowest BCUT2D eigenvalue weighted by Crippen LogP contribution is -2.44. The smallest absolute Gasteiger partial charge is 0.379 e. The van der Waals surface area contributed by atoms with E-state index in [1.165, 1.54) is 4.90 Å². The Kier molecular flexibility index (Phi) is 5.71. The van der Waals surface area contributed by atoms with Crippen molar-refractivity contribution in [2.75, 3.05) is 59.0 Å². The molecule has 1 aromatic heterocycles. The number of carbonyl (C=O) groups is 2. The second kappa shape index (κ2) is 8.14. The Morgan fingerprint density at radius 3 is 2.60 bits per heavy atom. The normalized spacial score (nSPS) is 25.5. The number of likely N-dealkylation sites (tertiary alicyclic amines) is 2. The molecule has 0 aliphatic carbocycles. The number of hydrogen-bond acceptors (Lipinski definition) is 5.